The first-order valence-corrected chi connectivity index (χ1v) is 14.7. The summed E-state index contributed by atoms with van der Waals surface area (Å²) in [5, 5.41) is 0. The van der Waals surface area contributed by atoms with Crippen molar-refractivity contribution in [3.63, 3.8) is 0 Å². The van der Waals surface area contributed by atoms with E-state index in [1.54, 1.807) is 23.7 Å². The van der Waals surface area contributed by atoms with Gasteiger partial charge in [-0.15, -0.1) is 0 Å². The van der Waals surface area contributed by atoms with Gasteiger partial charge in [0.15, 0.2) is 17.4 Å². The maximum absolute atomic E-state index is 6.31. The number of thioether (sulfide) groups is 1. The van der Waals surface area contributed by atoms with E-state index in [1.165, 1.54) is 5.56 Å². The number of morpholine rings is 1. The molecule has 4 heterocycles. The molecule has 7 nitrogen and oxygen atoms in total. The third-order valence-electron chi connectivity index (χ3n) is 7.08. The smallest absolute Gasteiger partial charge is 0.184 e. The molecule has 0 amide bonds. The summed E-state index contributed by atoms with van der Waals surface area (Å²) < 4.78 is 21.3. The highest BCUT2D eigenvalue weighted by Gasteiger charge is 2.42. The highest BCUT2D eigenvalue weighted by Crippen LogP contribution is 2.46. The van der Waals surface area contributed by atoms with Crippen LogP contribution in [-0.4, -0.2) is 66.1 Å². The van der Waals surface area contributed by atoms with E-state index in [4.69, 9.17) is 24.2 Å². The molecule has 9 heteroatoms. The Bertz CT molecular complexity index is 1100. The molecule has 2 fully saturated rings. The number of benzene rings is 1. The van der Waals surface area contributed by atoms with Gasteiger partial charge < -0.3 is 19.1 Å². The Morgan fingerprint density at radius 2 is 1.72 bits per heavy atom. The number of nitrogens with zero attached hydrogens (tertiary/aromatic N) is 3. The fourth-order valence-electron chi connectivity index (χ4n) is 4.74. The minimum atomic E-state index is -0.217. The molecule has 2 saturated heterocycles. The number of fused-ring (bicyclic) bond motifs is 3. The molecule has 2 atom stereocenters. The number of nitrogens with one attached hydrogen (secondary N) is 1. The summed E-state index contributed by atoms with van der Waals surface area (Å²) >= 11 is 3.53. The van der Waals surface area contributed by atoms with Crippen LogP contribution in [-0.2, 0) is 19.8 Å². The average Bonchev–Trinajstić information content (AvgIpc) is 2.82. The van der Waals surface area contributed by atoms with E-state index >= 15 is 0 Å². The highest BCUT2D eigenvalue weighted by molar-refractivity contribution is 7.99. The van der Waals surface area contributed by atoms with Crippen molar-refractivity contribution >= 4 is 29.5 Å². The van der Waals surface area contributed by atoms with Gasteiger partial charge in [-0.05, 0) is 53.4 Å². The molecular formula is C27H38N4O3S2. The Balaban J connectivity index is 1.53. The summed E-state index contributed by atoms with van der Waals surface area (Å²) in [7, 11) is 0. The van der Waals surface area contributed by atoms with E-state index in [-0.39, 0.29) is 27.1 Å². The first-order valence-electron chi connectivity index (χ1n) is 12.6. The van der Waals surface area contributed by atoms with Gasteiger partial charge in [-0.3, -0.25) is 0 Å². The molecule has 36 heavy (non-hydrogen) atoms. The second kappa shape index (κ2) is 9.66. The molecule has 0 aliphatic carbocycles. The summed E-state index contributed by atoms with van der Waals surface area (Å²) in [6.07, 6.45) is 2.12. The molecule has 3 aliphatic rings. The van der Waals surface area contributed by atoms with Crippen LogP contribution >= 0.6 is 23.7 Å². The number of ether oxygens (including phenoxy) is 3. The van der Waals surface area contributed by atoms with Crippen molar-refractivity contribution in [3.05, 3.63) is 35.5 Å². The Labute approximate surface area is 223 Å². The first-order chi connectivity index (χ1) is 17.0. The predicted molar refractivity (Wildman–Crippen MR) is 149 cm³/mol. The molecule has 0 bridgehead atoms. The van der Waals surface area contributed by atoms with Gasteiger partial charge in [0, 0.05) is 10.3 Å². The van der Waals surface area contributed by atoms with Gasteiger partial charge in [0.1, 0.15) is 12.3 Å². The Hall–Kier alpha value is -1.52. The first kappa shape index (κ1) is 26.1. The number of hydrogen-bond donors (Lipinski definition) is 1. The van der Waals surface area contributed by atoms with E-state index in [9.17, 15) is 0 Å². The van der Waals surface area contributed by atoms with Gasteiger partial charge in [-0.25, -0.2) is 14.7 Å². The van der Waals surface area contributed by atoms with Crippen molar-refractivity contribution in [2.75, 3.05) is 44.2 Å². The summed E-state index contributed by atoms with van der Waals surface area (Å²) in [5.74, 6) is 2.44. The maximum Gasteiger partial charge on any atom is 0.184 e. The molecule has 5 rings (SSSR count). The third kappa shape index (κ3) is 4.85. The largest absolute Gasteiger partial charge is 0.486 e. The third-order valence-corrected chi connectivity index (χ3v) is 9.39. The van der Waals surface area contributed by atoms with Crippen LogP contribution in [0.4, 0.5) is 5.82 Å². The number of aromatic nitrogens is 2. The summed E-state index contributed by atoms with van der Waals surface area (Å²) in [6, 6.07) is 9.05. The molecule has 2 aromatic rings. The lowest BCUT2D eigenvalue weighted by atomic mass is 9.88. The van der Waals surface area contributed by atoms with Gasteiger partial charge in [0.25, 0.3) is 0 Å². The van der Waals surface area contributed by atoms with Crippen LogP contribution in [0, 0.1) is 0 Å². The van der Waals surface area contributed by atoms with Crippen molar-refractivity contribution in [1.29, 1.82) is 0 Å². The minimum absolute atomic E-state index is 0.122. The second-order valence-corrected chi connectivity index (χ2v) is 14.6. The van der Waals surface area contributed by atoms with Crippen LogP contribution in [0.1, 0.15) is 52.8 Å². The summed E-state index contributed by atoms with van der Waals surface area (Å²) in [6.45, 7) is 16.5. The lowest BCUT2D eigenvalue weighted by Gasteiger charge is -2.45. The van der Waals surface area contributed by atoms with E-state index < -0.39 is 0 Å². The van der Waals surface area contributed by atoms with Crippen molar-refractivity contribution in [1.82, 2.24) is 14.7 Å². The molecule has 196 valence electrons. The van der Waals surface area contributed by atoms with Crippen LogP contribution in [0.25, 0.3) is 11.4 Å². The van der Waals surface area contributed by atoms with E-state index in [2.05, 4.69) is 81.7 Å². The lowest BCUT2D eigenvalue weighted by Crippen LogP contribution is -2.56. The van der Waals surface area contributed by atoms with Gasteiger partial charge in [0.2, 0.25) is 0 Å². The van der Waals surface area contributed by atoms with Crippen LogP contribution < -0.4 is 14.4 Å². The number of hydrogen-bond acceptors (Lipinski definition) is 9. The van der Waals surface area contributed by atoms with E-state index in [1.807, 2.05) is 0 Å². The van der Waals surface area contributed by atoms with Crippen LogP contribution in [0.3, 0.4) is 0 Å². The van der Waals surface area contributed by atoms with Crippen LogP contribution in [0.5, 0.6) is 5.75 Å². The molecule has 0 spiro atoms. The van der Waals surface area contributed by atoms with E-state index in [0.717, 1.165) is 28.6 Å². The van der Waals surface area contributed by atoms with Gasteiger partial charge in [-0.1, -0.05) is 36.2 Å². The van der Waals surface area contributed by atoms with Crippen LogP contribution in [0.15, 0.2) is 24.3 Å². The molecule has 0 saturated carbocycles. The predicted octanol–water partition coefficient (Wildman–Crippen LogP) is 4.99. The molecule has 1 aromatic heterocycles. The SMILES string of the molecule is CSC(C)(C)c1nc(-c2ccc(C3(NSC(C)(C)C)COC3)cc2)nc2c1OC[C@@H]1COC[C@@H](C)N21. The average molecular weight is 531 g/mol. The zero-order valence-corrected chi connectivity index (χ0v) is 24.0. The molecular weight excluding hydrogens is 492 g/mol. The number of rotatable bonds is 6. The quantitative estimate of drug-likeness (QED) is 0.520. The number of anilines is 1. The van der Waals surface area contributed by atoms with Gasteiger partial charge in [-0.2, -0.15) is 11.8 Å². The zero-order chi connectivity index (χ0) is 25.7. The molecule has 1 aromatic carbocycles. The Kier molecular flexibility index (Phi) is 7.00. The Morgan fingerprint density at radius 3 is 2.33 bits per heavy atom. The van der Waals surface area contributed by atoms with Crippen molar-refractivity contribution in [3.8, 4) is 17.1 Å². The fourth-order valence-corrected chi connectivity index (χ4v) is 5.81. The fraction of sp³-hybridized carbons (Fsp3) is 0.630. The van der Waals surface area contributed by atoms with Gasteiger partial charge >= 0.3 is 0 Å². The molecule has 3 aliphatic heterocycles. The summed E-state index contributed by atoms with van der Waals surface area (Å²) in [5.41, 5.74) is 3.01. The zero-order valence-electron chi connectivity index (χ0n) is 22.4. The molecule has 1 N–H and O–H groups in total. The van der Waals surface area contributed by atoms with Crippen molar-refractivity contribution < 1.29 is 14.2 Å². The monoisotopic (exact) mass is 530 g/mol. The summed E-state index contributed by atoms with van der Waals surface area (Å²) in [4.78, 5) is 12.6. The lowest BCUT2D eigenvalue weighted by molar-refractivity contribution is -0.0652. The van der Waals surface area contributed by atoms with Gasteiger partial charge in [0.05, 0.1) is 48.8 Å². The normalized spacial score (nSPS) is 23.4. The van der Waals surface area contributed by atoms with E-state index in [0.29, 0.717) is 33.0 Å². The minimum Gasteiger partial charge on any atom is -0.486 e. The molecule has 0 radical (unpaired) electrons. The van der Waals surface area contributed by atoms with Crippen molar-refractivity contribution in [2.24, 2.45) is 0 Å². The van der Waals surface area contributed by atoms with Crippen molar-refractivity contribution in [2.45, 2.75) is 68.7 Å². The standard InChI is InChI=1S/C27H38N4O3S2/c1-17-12-32-13-20-14-34-21-22(26(5,6)35-7)28-23(29-24(21)31(17)20)18-8-10-19(11-9-18)27(15-33-16-27)30-36-25(2,3)4/h8-11,17,20,30H,12-16H2,1-7H3/t17-,20+/m1/s1. The Morgan fingerprint density at radius 1 is 1.00 bits per heavy atom. The highest BCUT2D eigenvalue weighted by atomic mass is 32.2. The topological polar surface area (TPSA) is 68.7 Å². The molecule has 0 unspecified atom stereocenters. The maximum atomic E-state index is 6.31. The van der Waals surface area contributed by atoms with Crippen LogP contribution in [0.2, 0.25) is 0 Å². The second-order valence-electron chi connectivity index (χ2n) is 11.5.